The van der Waals surface area contributed by atoms with Gasteiger partial charge in [-0.2, -0.15) is 0 Å². The summed E-state index contributed by atoms with van der Waals surface area (Å²) >= 11 is 0. The highest BCUT2D eigenvalue weighted by molar-refractivity contribution is 7.47. The first-order chi connectivity index (χ1) is 32.4. The van der Waals surface area contributed by atoms with Crippen LogP contribution in [0.3, 0.4) is 0 Å². The summed E-state index contributed by atoms with van der Waals surface area (Å²) in [7, 11) is -4.30. The number of esters is 1. The minimum atomic E-state index is -4.30. The number of hydrogen-bond donors (Lipinski definition) is 2. The van der Waals surface area contributed by atoms with E-state index in [1.54, 1.807) is 0 Å². The molecule has 382 valence electrons. The van der Waals surface area contributed by atoms with Crippen molar-refractivity contribution in [3.05, 3.63) is 85.1 Å². The number of carbonyl (C=O) groups is 1. The van der Waals surface area contributed by atoms with Crippen molar-refractivity contribution < 1.29 is 32.8 Å². The van der Waals surface area contributed by atoms with Crippen molar-refractivity contribution in [3.63, 3.8) is 0 Å². The maximum Gasteiger partial charge on any atom is 0.472 e. The molecule has 0 bridgehead atoms. The van der Waals surface area contributed by atoms with Crippen molar-refractivity contribution in [1.82, 2.24) is 0 Å². The summed E-state index contributed by atoms with van der Waals surface area (Å²) in [4.78, 5) is 22.6. The van der Waals surface area contributed by atoms with Crippen LogP contribution in [-0.2, 0) is 27.9 Å². The van der Waals surface area contributed by atoms with Gasteiger partial charge in [0, 0.05) is 19.6 Å². The Balaban J connectivity index is 3.99. The van der Waals surface area contributed by atoms with Gasteiger partial charge in [-0.05, 0) is 89.9 Å². The molecule has 0 rings (SSSR count). The summed E-state index contributed by atoms with van der Waals surface area (Å²) in [6.45, 7) is 4.73. The highest BCUT2D eigenvalue weighted by atomic mass is 31.2. The normalized spacial score (nSPS) is 13.9. The lowest BCUT2D eigenvalue weighted by Gasteiger charge is -2.20. The quantitative estimate of drug-likeness (QED) is 0.0268. The van der Waals surface area contributed by atoms with E-state index in [9.17, 15) is 14.3 Å². The van der Waals surface area contributed by atoms with Crippen LogP contribution in [0.4, 0.5) is 0 Å². The summed E-state index contributed by atoms with van der Waals surface area (Å²) in [6.07, 6.45) is 70.6. The van der Waals surface area contributed by atoms with Crippen LogP contribution in [0.1, 0.15) is 232 Å². The fourth-order valence-corrected chi connectivity index (χ4v) is 8.11. The van der Waals surface area contributed by atoms with Gasteiger partial charge in [-0.15, -0.1) is 0 Å². The van der Waals surface area contributed by atoms with E-state index in [0.717, 1.165) is 83.5 Å². The first kappa shape index (κ1) is 63.7. The van der Waals surface area contributed by atoms with E-state index in [-0.39, 0.29) is 32.3 Å². The molecular weight excluding hydrogens is 842 g/mol. The molecule has 0 spiro atoms. The summed E-state index contributed by atoms with van der Waals surface area (Å²) in [5.74, 6) is -0.343. The Bertz CT molecular complexity index is 1290. The van der Waals surface area contributed by atoms with Gasteiger partial charge < -0.3 is 20.1 Å². The lowest BCUT2D eigenvalue weighted by atomic mass is 10.0. The molecule has 0 radical (unpaired) electrons. The van der Waals surface area contributed by atoms with Crippen molar-refractivity contribution in [2.45, 2.75) is 238 Å². The van der Waals surface area contributed by atoms with Crippen LogP contribution in [-0.4, -0.2) is 49.9 Å². The molecule has 9 heteroatoms. The molecule has 0 heterocycles. The van der Waals surface area contributed by atoms with Gasteiger partial charge in [0.1, 0.15) is 6.10 Å². The van der Waals surface area contributed by atoms with Gasteiger partial charge in [0.15, 0.2) is 0 Å². The van der Waals surface area contributed by atoms with E-state index >= 15 is 0 Å². The zero-order chi connectivity index (χ0) is 48.0. The van der Waals surface area contributed by atoms with Gasteiger partial charge in [0.25, 0.3) is 0 Å². The summed E-state index contributed by atoms with van der Waals surface area (Å²) < 4.78 is 33.6. The smallest absolute Gasteiger partial charge is 0.457 e. The summed E-state index contributed by atoms with van der Waals surface area (Å²) in [6, 6.07) is 0. The van der Waals surface area contributed by atoms with Crippen molar-refractivity contribution in [2.24, 2.45) is 5.73 Å². The number of allylic oxidation sites excluding steroid dienone is 14. The standard InChI is InChI=1S/C57H102NO7P/c1-3-5-7-9-11-13-15-17-19-21-23-25-27-28-29-30-32-34-36-38-40-42-44-46-48-50-57(59)65-56(55-64-66(60,61)63-53-51-58)54-62-52-49-47-45-43-41-39-37-35-33-31-26-24-22-20-18-16-14-12-10-8-6-4-2/h6,8,12,14,18,20-21,23-24,26,33,35,39,41,56H,3-5,7,9-11,13,15-17,19,22,25,27-32,34,36-38,40,42-55,58H2,1-2H3,(H,60,61)/b8-6-,14-12-,20-18-,23-21-,26-24-,35-33-,41-39-. The Hall–Kier alpha value is -2.32. The van der Waals surface area contributed by atoms with Crippen molar-refractivity contribution in [1.29, 1.82) is 0 Å². The first-order valence-corrected chi connectivity index (χ1v) is 28.6. The SMILES string of the molecule is CC/C=C\C/C=C\C/C=C\C/C=C\C/C=C\C/C=C\CCCCCOCC(COP(=O)(O)OCCN)OC(=O)CCCCCCCCCCCCCCC/C=C\CCCCCCCCCC. The fourth-order valence-electron chi connectivity index (χ4n) is 7.35. The van der Waals surface area contributed by atoms with Gasteiger partial charge in [0.05, 0.1) is 19.8 Å². The lowest BCUT2D eigenvalue weighted by molar-refractivity contribution is -0.154. The van der Waals surface area contributed by atoms with Crippen molar-refractivity contribution >= 4 is 13.8 Å². The molecule has 8 nitrogen and oxygen atoms in total. The molecule has 0 aliphatic carbocycles. The minimum absolute atomic E-state index is 0.0901. The van der Waals surface area contributed by atoms with E-state index in [0.29, 0.717) is 13.0 Å². The Kier molecular flexibility index (Phi) is 51.7. The molecule has 0 saturated heterocycles. The predicted molar refractivity (Wildman–Crippen MR) is 284 cm³/mol. The van der Waals surface area contributed by atoms with E-state index < -0.39 is 13.9 Å². The highest BCUT2D eigenvalue weighted by Gasteiger charge is 2.25. The summed E-state index contributed by atoms with van der Waals surface area (Å²) in [5, 5.41) is 0. The van der Waals surface area contributed by atoms with Crippen LogP contribution in [0.25, 0.3) is 0 Å². The number of phosphoric ester groups is 1. The lowest BCUT2D eigenvalue weighted by Crippen LogP contribution is -2.28. The molecule has 0 fully saturated rings. The number of unbranched alkanes of at least 4 members (excludes halogenated alkanes) is 24. The third kappa shape index (κ3) is 52.6. The highest BCUT2D eigenvalue weighted by Crippen LogP contribution is 2.43. The molecule has 0 aliphatic heterocycles. The average molecular weight is 944 g/mol. The monoisotopic (exact) mass is 944 g/mol. The van der Waals surface area contributed by atoms with Crippen LogP contribution < -0.4 is 5.73 Å². The number of nitrogens with two attached hydrogens (primary N) is 1. The fraction of sp³-hybridized carbons (Fsp3) is 0.737. The first-order valence-electron chi connectivity index (χ1n) is 27.1. The van der Waals surface area contributed by atoms with Crippen LogP contribution in [0.2, 0.25) is 0 Å². The molecule has 2 atom stereocenters. The Morgan fingerprint density at radius 2 is 0.848 bits per heavy atom. The second-order valence-electron chi connectivity index (χ2n) is 17.7. The van der Waals surface area contributed by atoms with Crippen LogP contribution in [0, 0.1) is 0 Å². The molecule has 2 unspecified atom stereocenters. The van der Waals surface area contributed by atoms with E-state index in [2.05, 4.69) is 98.9 Å². The largest absolute Gasteiger partial charge is 0.472 e. The maximum atomic E-state index is 12.7. The van der Waals surface area contributed by atoms with Gasteiger partial charge in [0.2, 0.25) is 0 Å². The molecule has 0 amide bonds. The number of carbonyl (C=O) groups excluding carboxylic acids is 1. The molecule has 3 N–H and O–H groups in total. The van der Waals surface area contributed by atoms with E-state index in [4.69, 9.17) is 24.3 Å². The van der Waals surface area contributed by atoms with Gasteiger partial charge >= 0.3 is 13.8 Å². The third-order valence-electron chi connectivity index (χ3n) is 11.3. The van der Waals surface area contributed by atoms with Crippen LogP contribution in [0.15, 0.2) is 85.1 Å². The molecule has 0 aromatic carbocycles. The zero-order valence-electron chi connectivity index (χ0n) is 42.7. The second kappa shape index (κ2) is 53.6. The molecule has 0 aliphatic rings. The Morgan fingerprint density at radius 1 is 0.470 bits per heavy atom. The number of rotatable bonds is 51. The van der Waals surface area contributed by atoms with Gasteiger partial charge in [-0.3, -0.25) is 13.8 Å². The van der Waals surface area contributed by atoms with Gasteiger partial charge in [-0.1, -0.05) is 221 Å². The molecule has 0 saturated carbocycles. The predicted octanol–water partition coefficient (Wildman–Crippen LogP) is 17.2. The zero-order valence-corrected chi connectivity index (χ0v) is 43.6. The maximum absolute atomic E-state index is 12.7. The summed E-state index contributed by atoms with van der Waals surface area (Å²) in [5.41, 5.74) is 5.39. The molecular formula is C57H102NO7P. The number of ether oxygens (including phenoxy) is 2. The Morgan fingerprint density at radius 3 is 1.29 bits per heavy atom. The Labute approximate surface area is 407 Å². The van der Waals surface area contributed by atoms with Crippen molar-refractivity contribution in [2.75, 3.05) is 33.0 Å². The average Bonchev–Trinajstić information content (AvgIpc) is 3.31. The third-order valence-corrected chi connectivity index (χ3v) is 12.3. The van der Waals surface area contributed by atoms with E-state index in [1.807, 2.05) is 0 Å². The van der Waals surface area contributed by atoms with E-state index in [1.165, 1.54) is 128 Å². The molecule has 66 heavy (non-hydrogen) atoms. The van der Waals surface area contributed by atoms with Gasteiger partial charge in [-0.25, -0.2) is 4.57 Å². The van der Waals surface area contributed by atoms with Crippen LogP contribution in [0.5, 0.6) is 0 Å². The number of phosphoric acid groups is 1. The number of hydrogen-bond acceptors (Lipinski definition) is 7. The topological polar surface area (TPSA) is 117 Å². The van der Waals surface area contributed by atoms with Crippen molar-refractivity contribution in [3.8, 4) is 0 Å². The minimum Gasteiger partial charge on any atom is -0.457 e. The molecule has 0 aromatic heterocycles. The second-order valence-corrected chi connectivity index (χ2v) is 19.2. The molecule has 0 aromatic rings. The van der Waals surface area contributed by atoms with Crippen LogP contribution >= 0.6 is 7.82 Å².